The number of nitro benzene ring substituents is 1. The number of hydrogen-bond acceptors (Lipinski definition) is 4. The van der Waals surface area contributed by atoms with Crippen LogP contribution in [0.2, 0.25) is 0 Å². The molecule has 0 aliphatic heterocycles. The molecule has 0 bridgehead atoms. The monoisotopic (exact) mass is 303 g/mol. The van der Waals surface area contributed by atoms with E-state index in [9.17, 15) is 14.9 Å². The number of benzene rings is 1. The molecule has 7 heteroatoms. The predicted octanol–water partition coefficient (Wildman–Crippen LogP) is 1.92. The fourth-order valence-corrected chi connectivity index (χ4v) is 2.88. The van der Waals surface area contributed by atoms with Crippen LogP contribution in [0.3, 0.4) is 0 Å². The van der Waals surface area contributed by atoms with Crippen molar-refractivity contribution in [3.8, 4) is 0 Å². The number of nitro groups is 1. The zero-order chi connectivity index (χ0) is 16.0. The lowest BCUT2D eigenvalue weighted by molar-refractivity contribution is -0.383. The van der Waals surface area contributed by atoms with Crippen LogP contribution in [-0.4, -0.2) is 26.6 Å². The maximum Gasteiger partial charge on any atom is 0.320 e. The molecule has 1 fully saturated rings. The highest BCUT2D eigenvalue weighted by Crippen LogP contribution is 2.43. The normalized spacial score (nSPS) is 15.9. The zero-order valence-electron chi connectivity index (χ0n) is 12.2. The molecular formula is C15H17N3O4. The number of fused-ring (bicyclic) bond motifs is 1. The van der Waals surface area contributed by atoms with Gasteiger partial charge in [0.25, 0.3) is 5.69 Å². The van der Waals surface area contributed by atoms with Crippen molar-refractivity contribution in [2.45, 2.75) is 31.2 Å². The van der Waals surface area contributed by atoms with E-state index in [1.54, 1.807) is 23.9 Å². The predicted molar refractivity (Wildman–Crippen MR) is 80.9 cm³/mol. The Kier molecular flexibility index (Phi) is 3.37. The van der Waals surface area contributed by atoms with Gasteiger partial charge in [-0.3, -0.25) is 14.9 Å². The second-order valence-corrected chi connectivity index (χ2v) is 5.88. The average molecular weight is 303 g/mol. The number of aromatic nitrogens is 1. The highest BCUT2D eigenvalue weighted by Gasteiger charge is 2.29. The Labute approximate surface area is 126 Å². The number of nitrogens with two attached hydrogens (primary N) is 1. The Morgan fingerprint density at radius 1 is 1.55 bits per heavy atom. The molecule has 0 saturated heterocycles. The first kappa shape index (κ1) is 14.5. The van der Waals surface area contributed by atoms with Gasteiger partial charge in [-0.25, -0.2) is 0 Å². The number of carboxylic acid groups (broad SMARTS) is 1. The van der Waals surface area contributed by atoms with Crippen LogP contribution in [0.4, 0.5) is 5.69 Å². The molecule has 1 aromatic heterocycles. The van der Waals surface area contributed by atoms with Crippen molar-refractivity contribution in [2.24, 2.45) is 12.8 Å². The summed E-state index contributed by atoms with van der Waals surface area (Å²) in [5.74, 6) is -0.711. The molecule has 1 unspecified atom stereocenters. The van der Waals surface area contributed by atoms with Crippen molar-refractivity contribution in [3.63, 3.8) is 0 Å². The topological polar surface area (TPSA) is 111 Å². The number of aryl methyl sites for hydroxylation is 1. The van der Waals surface area contributed by atoms with Crippen LogP contribution in [0.5, 0.6) is 0 Å². The average Bonchev–Trinajstić information content (AvgIpc) is 3.25. The summed E-state index contributed by atoms with van der Waals surface area (Å²) < 4.78 is 1.80. The van der Waals surface area contributed by atoms with Crippen LogP contribution >= 0.6 is 0 Å². The molecule has 7 nitrogen and oxygen atoms in total. The third kappa shape index (κ3) is 2.43. The minimum Gasteiger partial charge on any atom is -0.480 e. The Balaban J connectivity index is 2.17. The van der Waals surface area contributed by atoms with Crippen LogP contribution in [0, 0.1) is 10.1 Å². The molecule has 1 aromatic carbocycles. The Hall–Kier alpha value is -2.41. The summed E-state index contributed by atoms with van der Waals surface area (Å²) in [6, 6.07) is 2.51. The first-order valence-corrected chi connectivity index (χ1v) is 7.13. The molecule has 1 aliphatic carbocycles. The summed E-state index contributed by atoms with van der Waals surface area (Å²) in [4.78, 5) is 22.0. The number of carbonyl (C=O) groups is 1. The molecule has 1 aliphatic rings. The number of hydrogen-bond donors (Lipinski definition) is 2. The molecule has 22 heavy (non-hydrogen) atoms. The van der Waals surface area contributed by atoms with Crippen molar-refractivity contribution in [1.82, 2.24) is 4.57 Å². The van der Waals surface area contributed by atoms with E-state index in [1.807, 2.05) is 6.07 Å². The standard InChI is InChI=1S/C15H17N3O4/c1-17-7-10(4-11(16)15(19)20)14-12(17)5-9(8-2-3-8)6-13(14)18(21)22/h5-8,11H,2-4,16H2,1H3,(H,19,20). The van der Waals surface area contributed by atoms with Crippen molar-refractivity contribution >= 4 is 22.6 Å². The molecular weight excluding hydrogens is 286 g/mol. The lowest BCUT2D eigenvalue weighted by Gasteiger charge is -2.06. The highest BCUT2D eigenvalue weighted by molar-refractivity contribution is 5.94. The van der Waals surface area contributed by atoms with Crippen LogP contribution in [0.1, 0.15) is 29.9 Å². The van der Waals surface area contributed by atoms with Crippen molar-refractivity contribution < 1.29 is 14.8 Å². The highest BCUT2D eigenvalue weighted by atomic mass is 16.6. The molecule has 0 spiro atoms. The van der Waals surface area contributed by atoms with Gasteiger partial charge in [-0.05, 0) is 36.0 Å². The van der Waals surface area contributed by atoms with E-state index in [-0.39, 0.29) is 12.1 Å². The van der Waals surface area contributed by atoms with Gasteiger partial charge in [0.2, 0.25) is 0 Å². The zero-order valence-corrected chi connectivity index (χ0v) is 12.2. The van der Waals surface area contributed by atoms with Gasteiger partial charge in [-0.15, -0.1) is 0 Å². The van der Waals surface area contributed by atoms with E-state index in [1.165, 1.54) is 0 Å². The largest absolute Gasteiger partial charge is 0.480 e. The fraction of sp³-hybridized carbons (Fsp3) is 0.400. The molecule has 2 aromatic rings. The third-order valence-corrected chi connectivity index (χ3v) is 4.17. The maximum absolute atomic E-state index is 11.4. The number of non-ortho nitro benzene ring substituents is 1. The van der Waals surface area contributed by atoms with Crippen LogP contribution in [0.25, 0.3) is 10.9 Å². The summed E-state index contributed by atoms with van der Waals surface area (Å²) in [6.45, 7) is 0. The van der Waals surface area contributed by atoms with Crippen molar-refractivity contribution in [1.29, 1.82) is 0 Å². The maximum atomic E-state index is 11.4. The van der Waals surface area contributed by atoms with Gasteiger partial charge < -0.3 is 15.4 Å². The summed E-state index contributed by atoms with van der Waals surface area (Å²) in [5, 5.41) is 20.9. The van der Waals surface area contributed by atoms with Crippen LogP contribution in [-0.2, 0) is 18.3 Å². The Morgan fingerprint density at radius 3 is 2.77 bits per heavy atom. The SMILES string of the molecule is Cn1cc(CC(N)C(=O)O)c2c([N+](=O)[O-])cc(C3CC3)cc21. The van der Waals surface area contributed by atoms with Gasteiger partial charge in [0.15, 0.2) is 0 Å². The van der Waals surface area contributed by atoms with Crippen LogP contribution < -0.4 is 5.73 Å². The van der Waals surface area contributed by atoms with Crippen molar-refractivity contribution in [3.05, 3.63) is 39.6 Å². The smallest absolute Gasteiger partial charge is 0.320 e. The molecule has 3 rings (SSSR count). The Morgan fingerprint density at radius 2 is 2.23 bits per heavy atom. The molecule has 0 radical (unpaired) electrons. The van der Waals surface area contributed by atoms with Gasteiger partial charge in [0.1, 0.15) is 6.04 Å². The van der Waals surface area contributed by atoms with E-state index in [4.69, 9.17) is 10.8 Å². The first-order chi connectivity index (χ1) is 10.4. The second-order valence-electron chi connectivity index (χ2n) is 5.88. The van der Waals surface area contributed by atoms with Gasteiger partial charge in [-0.2, -0.15) is 0 Å². The van der Waals surface area contributed by atoms with Crippen LogP contribution in [0.15, 0.2) is 18.3 Å². The quantitative estimate of drug-likeness (QED) is 0.647. The lowest BCUT2D eigenvalue weighted by Crippen LogP contribution is -2.32. The van der Waals surface area contributed by atoms with E-state index >= 15 is 0 Å². The number of aliphatic carboxylic acids is 1. The first-order valence-electron chi connectivity index (χ1n) is 7.13. The number of nitrogens with zero attached hydrogens (tertiary/aromatic N) is 2. The molecule has 0 amide bonds. The van der Waals surface area contributed by atoms with Gasteiger partial charge >= 0.3 is 5.97 Å². The number of carboxylic acids is 1. The lowest BCUT2D eigenvalue weighted by atomic mass is 10.0. The fourth-order valence-electron chi connectivity index (χ4n) is 2.88. The summed E-state index contributed by atoms with van der Waals surface area (Å²) in [7, 11) is 1.80. The van der Waals surface area contributed by atoms with E-state index in [0.717, 1.165) is 23.9 Å². The van der Waals surface area contributed by atoms with Gasteiger partial charge in [0, 0.05) is 25.7 Å². The third-order valence-electron chi connectivity index (χ3n) is 4.17. The second kappa shape index (κ2) is 5.10. The molecule has 1 heterocycles. The molecule has 1 saturated carbocycles. The Bertz CT molecular complexity index is 777. The number of rotatable bonds is 5. The minimum atomic E-state index is -1.12. The molecule has 116 valence electrons. The summed E-state index contributed by atoms with van der Waals surface area (Å²) in [6.07, 6.45) is 3.92. The van der Waals surface area contributed by atoms with Gasteiger partial charge in [-0.1, -0.05) is 0 Å². The minimum absolute atomic E-state index is 0.0348. The van der Waals surface area contributed by atoms with E-state index in [0.29, 0.717) is 16.9 Å². The van der Waals surface area contributed by atoms with Crippen molar-refractivity contribution in [2.75, 3.05) is 0 Å². The van der Waals surface area contributed by atoms with E-state index < -0.39 is 16.9 Å². The summed E-state index contributed by atoms with van der Waals surface area (Å²) >= 11 is 0. The van der Waals surface area contributed by atoms with E-state index in [2.05, 4.69) is 0 Å². The molecule has 3 N–H and O–H groups in total. The molecule has 1 atom stereocenters. The van der Waals surface area contributed by atoms with Gasteiger partial charge in [0.05, 0.1) is 15.8 Å². The summed E-state index contributed by atoms with van der Waals surface area (Å²) in [5.41, 5.74) is 7.95.